The molecule has 3 atom stereocenters. The second kappa shape index (κ2) is 6.84. The number of nitrogens with one attached hydrogen (secondary N) is 1. The van der Waals surface area contributed by atoms with E-state index >= 15 is 0 Å². The topological polar surface area (TPSA) is 49.3 Å². The molecule has 2 N–H and O–H groups in total. The molecule has 1 saturated carbocycles. The Morgan fingerprint density at radius 1 is 1.24 bits per heavy atom. The summed E-state index contributed by atoms with van der Waals surface area (Å²) < 4.78 is 0. The van der Waals surface area contributed by atoms with Crippen molar-refractivity contribution < 1.29 is 9.90 Å². The molecular formula is C17H23NO2S. The number of hydrogen-bond acceptors (Lipinski definition) is 3. The van der Waals surface area contributed by atoms with Gasteiger partial charge in [-0.05, 0) is 43.4 Å². The normalized spacial score (nSPS) is 28.3. The van der Waals surface area contributed by atoms with Crippen LogP contribution in [-0.2, 0) is 11.2 Å². The SMILES string of the molecule is O=C(O)C1CCCCC1CNCC1Cc2ccccc2S1. The second-order valence-corrected chi connectivity index (χ2v) is 7.54. The van der Waals surface area contributed by atoms with E-state index in [9.17, 15) is 9.90 Å². The number of carboxylic acid groups (broad SMARTS) is 1. The monoisotopic (exact) mass is 305 g/mol. The van der Waals surface area contributed by atoms with Crippen molar-refractivity contribution in [2.24, 2.45) is 11.8 Å². The molecule has 1 aliphatic heterocycles. The van der Waals surface area contributed by atoms with E-state index in [-0.39, 0.29) is 5.92 Å². The Bertz CT molecular complexity index is 480. The van der Waals surface area contributed by atoms with Crippen LogP contribution in [0.5, 0.6) is 0 Å². The fraction of sp³-hybridized carbons (Fsp3) is 0.588. The molecule has 1 aromatic carbocycles. The highest BCUT2D eigenvalue weighted by Gasteiger charge is 2.30. The van der Waals surface area contributed by atoms with Crippen molar-refractivity contribution in [2.45, 2.75) is 42.2 Å². The minimum Gasteiger partial charge on any atom is -0.481 e. The molecule has 4 heteroatoms. The van der Waals surface area contributed by atoms with Crippen LogP contribution < -0.4 is 5.32 Å². The minimum atomic E-state index is -0.607. The first-order valence-electron chi connectivity index (χ1n) is 7.92. The third-order valence-corrected chi connectivity index (χ3v) is 6.04. The molecule has 21 heavy (non-hydrogen) atoms. The molecule has 0 saturated heterocycles. The standard InChI is InChI=1S/C17H23NO2S/c19-17(20)15-7-3-1-6-13(15)10-18-11-14-9-12-5-2-4-8-16(12)21-14/h2,4-5,8,13-15,18H,1,3,6-7,9-11H2,(H,19,20). The lowest BCUT2D eigenvalue weighted by atomic mass is 9.79. The van der Waals surface area contributed by atoms with Crippen LogP contribution in [0, 0.1) is 11.8 Å². The Labute approximate surface area is 130 Å². The molecule has 1 heterocycles. The third-order valence-electron chi connectivity index (χ3n) is 4.72. The molecule has 0 spiro atoms. The molecule has 0 amide bonds. The van der Waals surface area contributed by atoms with Crippen LogP contribution in [0.25, 0.3) is 0 Å². The Balaban J connectivity index is 1.45. The van der Waals surface area contributed by atoms with Gasteiger partial charge < -0.3 is 10.4 Å². The van der Waals surface area contributed by atoms with Gasteiger partial charge in [-0.3, -0.25) is 4.79 Å². The zero-order valence-electron chi connectivity index (χ0n) is 12.3. The van der Waals surface area contributed by atoms with Gasteiger partial charge in [0, 0.05) is 16.7 Å². The number of aliphatic carboxylic acids is 1. The van der Waals surface area contributed by atoms with Crippen LogP contribution in [0.4, 0.5) is 0 Å². The number of hydrogen-bond donors (Lipinski definition) is 2. The van der Waals surface area contributed by atoms with Crippen molar-refractivity contribution in [2.75, 3.05) is 13.1 Å². The van der Waals surface area contributed by atoms with Gasteiger partial charge in [0.2, 0.25) is 0 Å². The summed E-state index contributed by atoms with van der Waals surface area (Å²) in [5, 5.41) is 13.4. The molecule has 1 aliphatic carbocycles. The second-order valence-electron chi connectivity index (χ2n) is 6.20. The first-order chi connectivity index (χ1) is 10.2. The number of carboxylic acids is 1. The van der Waals surface area contributed by atoms with Crippen LogP contribution in [0.15, 0.2) is 29.2 Å². The molecular weight excluding hydrogens is 282 g/mol. The minimum absolute atomic E-state index is 0.139. The predicted octanol–water partition coefficient (Wildman–Crippen LogP) is 3.18. The Morgan fingerprint density at radius 2 is 2.05 bits per heavy atom. The summed E-state index contributed by atoms with van der Waals surface area (Å²) in [5.74, 6) is -0.436. The first kappa shape index (κ1) is 14.9. The van der Waals surface area contributed by atoms with Gasteiger partial charge in [-0.2, -0.15) is 0 Å². The van der Waals surface area contributed by atoms with Gasteiger partial charge in [0.15, 0.2) is 0 Å². The summed E-state index contributed by atoms with van der Waals surface area (Å²) in [6.07, 6.45) is 5.29. The molecule has 0 bridgehead atoms. The third kappa shape index (κ3) is 3.61. The highest BCUT2D eigenvalue weighted by atomic mass is 32.2. The lowest BCUT2D eigenvalue weighted by molar-refractivity contribution is -0.144. The van der Waals surface area contributed by atoms with Gasteiger partial charge in [0.1, 0.15) is 0 Å². The van der Waals surface area contributed by atoms with Crippen molar-refractivity contribution in [1.29, 1.82) is 0 Å². The number of benzene rings is 1. The van der Waals surface area contributed by atoms with Crippen molar-refractivity contribution in [1.82, 2.24) is 5.32 Å². The van der Waals surface area contributed by atoms with Crippen LogP contribution in [0.1, 0.15) is 31.2 Å². The van der Waals surface area contributed by atoms with E-state index in [1.807, 2.05) is 11.8 Å². The van der Waals surface area contributed by atoms with Crippen LogP contribution >= 0.6 is 11.8 Å². The largest absolute Gasteiger partial charge is 0.481 e. The van der Waals surface area contributed by atoms with Crippen LogP contribution in [0.2, 0.25) is 0 Å². The molecule has 1 aromatic rings. The van der Waals surface area contributed by atoms with Gasteiger partial charge in [0.05, 0.1) is 5.92 Å². The first-order valence-corrected chi connectivity index (χ1v) is 8.80. The van der Waals surface area contributed by atoms with Crippen LogP contribution in [0.3, 0.4) is 0 Å². The molecule has 114 valence electrons. The average molecular weight is 305 g/mol. The van der Waals surface area contributed by atoms with E-state index in [4.69, 9.17) is 0 Å². The summed E-state index contributed by atoms with van der Waals surface area (Å²) in [6, 6.07) is 8.61. The summed E-state index contributed by atoms with van der Waals surface area (Å²) in [6.45, 7) is 1.83. The summed E-state index contributed by atoms with van der Waals surface area (Å²) in [4.78, 5) is 12.7. The van der Waals surface area contributed by atoms with Crippen molar-refractivity contribution >= 4 is 17.7 Å². The van der Waals surface area contributed by atoms with Gasteiger partial charge in [0.25, 0.3) is 0 Å². The fourth-order valence-electron chi connectivity index (χ4n) is 3.57. The lowest BCUT2D eigenvalue weighted by Gasteiger charge is -2.29. The molecule has 1 fully saturated rings. The Kier molecular flexibility index (Phi) is 4.86. The molecule has 3 rings (SSSR count). The predicted molar refractivity (Wildman–Crippen MR) is 85.7 cm³/mol. The highest BCUT2D eigenvalue weighted by Crippen LogP contribution is 2.36. The molecule has 0 radical (unpaired) electrons. The van der Waals surface area contributed by atoms with Crippen molar-refractivity contribution in [3.05, 3.63) is 29.8 Å². The lowest BCUT2D eigenvalue weighted by Crippen LogP contribution is -2.36. The van der Waals surface area contributed by atoms with Crippen molar-refractivity contribution in [3.8, 4) is 0 Å². The number of rotatable bonds is 5. The average Bonchev–Trinajstić information content (AvgIpc) is 2.90. The van der Waals surface area contributed by atoms with Gasteiger partial charge in [-0.15, -0.1) is 11.8 Å². The van der Waals surface area contributed by atoms with E-state index in [1.165, 1.54) is 16.9 Å². The van der Waals surface area contributed by atoms with E-state index in [1.54, 1.807) is 0 Å². The summed E-state index contributed by atoms with van der Waals surface area (Å²) in [5.41, 5.74) is 1.45. The number of carbonyl (C=O) groups is 1. The molecule has 3 nitrogen and oxygen atoms in total. The zero-order valence-corrected chi connectivity index (χ0v) is 13.1. The maximum atomic E-state index is 11.3. The highest BCUT2D eigenvalue weighted by molar-refractivity contribution is 8.00. The fourth-order valence-corrected chi connectivity index (χ4v) is 4.86. The van der Waals surface area contributed by atoms with E-state index < -0.39 is 5.97 Å². The van der Waals surface area contributed by atoms with E-state index in [2.05, 4.69) is 29.6 Å². The number of fused-ring (bicyclic) bond motifs is 1. The molecule has 3 unspecified atom stereocenters. The smallest absolute Gasteiger partial charge is 0.306 e. The summed E-state index contributed by atoms with van der Waals surface area (Å²) >= 11 is 1.95. The van der Waals surface area contributed by atoms with Gasteiger partial charge in [-0.1, -0.05) is 31.0 Å². The van der Waals surface area contributed by atoms with Crippen molar-refractivity contribution in [3.63, 3.8) is 0 Å². The Hall–Kier alpha value is -1.00. The van der Waals surface area contributed by atoms with Crippen LogP contribution in [-0.4, -0.2) is 29.4 Å². The molecule has 0 aromatic heterocycles. The summed E-state index contributed by atoms with van der Waals surface area (Å²) in [7, 11) is 0. The van der Waals surface area contributed by atoms with Gasteiger partial charge >= 0.3 is 5.97 Å². The van der Waals surface area contributed by atoms with Gasteiger partial charge in [-0.25, -0.2) is 0 Å². The number of thioether (sulfide) groups is 1. The molecule has 2 aliphatic rings. The van der Waals surface area contributed by atoms with E-state index in [0.29, 0.717) is 11.2 Å². The maximum Gasteiger partial charge on any atom is 0.306 e. The quantitative estimate of drug-likeness (QED) is 0.877. The maximum absolute atomic E-state index is 11.3. The van der Waals surface area contributed by atoms with E-state index in [0.717, 1.165) is 38.8 Å². The Morgan fingerprint density at radius 3 is 2.86 bits per heavy atom. The zero-order chi connectivity index (χ0) is 14.7.